The van der Waals surface area contributed by atoms with Crippen molar-refractivity contribution in [2.75, 3.05) is 0 Å². The number of fused-ring (bicyclic) bond motifs is 3. The molecule has 86 valence electrons. The molecule has 0 spiro atoms. The van der Waals surface area contributed by atoms with Crippen LogP contribution in [0.5, 0.6) is 0 Å². The van der Waals surface area contributed by atoms with Crippen LogP contribution in [0.15, 0.2) is 42.0 Å². The van der Waals surface area contributed by atoms with E-state index in [4.69, 9.17) is 0 Å². The molecule has 0 heterocycles. The molecule has 0 fully saturated rings. The van der Waals surface area contributed by atoms with Crippen molar-refractivity contribution in [2.24, 2.45) is 0 Å². The fourth-order valence-corrected chi connectivity index (χ4v) is 2.28. The van der Waals surface area contributed by atoms with Gasteiger partial charge in [0.15, 0.2) is 0 Å². The number of hydrogen-bond acceptors (Lipinski definition) is 0. The zero-order valence-electron chi connectivity index (χ0n) is 10.7. The molecule has 0 N–H and O–H groups in total. The Hall–Kier alpha value is -0.677. The number of rotatable bonds is 0. The van der Waals surface area contributed by atoms with Gasteiger partial charge in [-0.1, -0.05) is 48.0 Å². The normalized spacial score (nSPS) is 11.7. The van der Waals surface area contributed by atoms with Gasteiger partial charge >= 0.3 is 26.2 Å². The fraction of sp³-hybridized carbons (Fsp3) is 0.125. The van der Waals surface area contributed by atoms with E-state index >= 15 is 0 Å². The molecule has 3 rings (SSSR count). The van der Waals surface area contributed by atoms with Crippen molar-refractivity contribution in [1.29, 1.82) is 0 Å². The van der Waals surface area contributed by atoms with E-state index in [1.165, 1.54) is 27.5 Å². The maximum absolute atomic E-state index is 2.29. The van der Waals surface area contributed by atoms with E-state index in [-0.39, 0.29) is 41.1 Å². The molecule has 0 saturated heterocycles. The average Bonchev–Trinajstić information content (AvgIpc) is 2.59. The van der Waals surface area contributed by atoms with Crippen molar-refractivity contribution >= 4 is 16.8 Å². The van der Waals surface area contributed by atoms with E-state index in [2.05, 4.69) is 49.4 Å². The van der Waals surface area contributed by atoms with Gasteiger partial charge in [0.25, 0.3) is 0 Å². The summed E-state index contributed by atoms with van der Waals surface area (Å²) in [5.74, 6) is 0. The molecule has 0 aromatic heterocycles. The van der Waals surface area contributed by atoms with E-state index in [0.29, 0.717) is 0 Å². The number of hydrogen-bond donors (Lipinski definition) is 0. The van der Waals surface area contributed by atoms with Gasteiger partial charge in [-0.3, -0.25) is 0 Å². The molecule has 0 aliphatic heterocycles. The molecular weight excluding hydrogens is 283 g/mol. The molecular formula is C16H18Zr. The minimum absolute atomic E-state index is 0. The molecule has 2 aromatic rings. The van der Waals surface area contributed by atoms with Gasteiger partial charge in [-0.15, -0.1) is 0 Å². The summed E-state index contributed by atoms with van der Waals surface area (Å²) in [5.41, 5.74) is 4.37. The van der Waals surface area contributed by atoms with E-state index in [0.717, 1.165) is 6.42 Å². The summed E-state index contributed by atoms with van der Waals surface area (Å²) in [7, 11) is 0. The third-order valence-corrected chi connectivity index (χ3v) is 2.93. The largest absolute Gasteiger partial charge is 2.00 e. The first kappa shape index (κ1) is 16.3. The first-order valence-corrected chi connectivity index (χ1v) is 5.02. The summed E-state index contributed by atoms with van der Waals surface area (Å²) in [6.45, 7) is 2.20. The summed E-state index contributed by atoms with van der Waals surface area (Å²) < 4.78 is 0. The van der Waals surface area contributed by atoms with E-state index in [9.17, 15) is 0 Å². The van der Waals surface area contributed by atoms with Crippen molar-refractivity contribution in [3.05, 3.63) is 68.0 Å². The van der Waals surface area contributed by atoms with Crippen LogP contribution in [-0.2, 0) is 32.6 Å². The molecule has 0 saturated carbocycles. The third kappa shape index (κ3) is 2.77. The second-order valence-corrected chi connectivity index (χ2v) is 4.02. The molecule has 1 aliphatic rings. The standard InChI is InChI=1S/C14H12.2CH3.Zr/c1-10-8-12-7-6-11-4-2-3-5-13(11)14(12)9-10;;;/h2-8H,9H2,1H3;2*1H3;/q;2*-1;+2. The van der Waals surface area contributed by atoms with Gasteiger partial charge in [-0.05, 0) is 35.2 Å². The van der Waals surface area contributed by atoms with Crippen LogP contribution in [0.25, 0.3) is 16.8 Å². The maximum Gasteiger partial charge on any atom is 2.00 e. The van der Waals surface area contributed by atoms with Crippen LogP contribution in [-0.4, -0.2) is 0 Å². The molecule has 1 aliphatic carbocycles. The Morgan fingerprint density at radius 2 is 1.65 bits per heavy atom. The average molecular weight is 302 g/mol. The minimum Gasteiger partial charge on any atom is -0.358 e. The van der Waals surface area contributed by atoms with Crippen molar-refractivity contribution in [3.63, 3.8) is 0 Å². The van der Waals surface area contributed by atoms with Crippen LogP contribution in [0, 0.1) is 14.9 Å². The van der Waals surface area contributed by atoms with E-state index in [1.54, 1.807) is 0 Å². The van der Waals surface area contributed by atoms with E-state index in [1.807, 2.05) is 0 Å². The summed E-state index contributed by atoms with van der Waals surface area (Å²) in [5, 5.41) is 2.77. The van der Waals surface area contributed by atoms with Gasteiger partial charge in [-0.25, -0.2) is 0 Å². The number of benzene rings is 2. The molecule has 2 aromatic carbocycles. The van der Waals surface area contributed by atoms with Crippen LogP contribution in [0.4, 0.5) is 0 Å². The Morgan fingerprint density at radius 3 is 2.41 bits per heavy atom. The van der Waals surface area contributed by atoms with Crippen LogP contribution in [0.1, 0.15) is 18.1 Å². The first-order valence-electron chi connectivity index (χ1n) is 5.02. The van der Waals surface area contributed by atoms with Gasteiger partial charge in [-0.2, -0.15) is 0 Å². The summed E-state index contributed by atoms with van der Waals surface area (Å²) in [6, 6.07) is 13.1. The Kier molecular flexibility index (Phi) is 6.06. The van der Waals surface area contributed by atoms with Crippen molar-refractivity contribution < 1.29 is 26.2 Å². The van der Waals surface area contributed by atoms with Crippen LogP contribution < -0.4 is 0 Å². The second kappa shape index (κ2) is 6.31. The predicted molar refractivity (Wildman–Crippen MR) is 74.1 cm³/mol. The Morgan fingerprint density at radius 1 is 0.941 bits per heavy atom. The van der Waals surface area contributed by atoms with Crippen molar-refractivity contribution in [3.8, 4) is 0 Å². The smallest absolute Gasteiger partial charge is 0.358 e. The molecule has 17 heavy (non-hydrogen) atoms. The number of allylic oxidation sites excluding steroid dienone is 1. The zero-order valence-corrected chi connectivity index (χ0v) is 13.2. The van der Waals surface area contributed by atoms with Gasteiger partial charge in [0, 0.05) is 0 Å². The van der Waals surface area contributed by atoms with Gasteiger partial charge in [0.2, 0.25) is 0 Å². The fourth-order valence-electron chi connectivity index (χ4n) is 2.28. The second-order valence-electron chi connectivity index (χ2n) is 4.02. The summed E-state index contributed by atoms with van der Waals surface area (Å²) >= 11 is 0. The predicted octanol–water partition coefficient (Wildman–Crippen LogP) is 4.70. The van der Waals surface area contributed by atoms with Gasteiger partial charge < -0.3 is 14.9 Å². The Balaban J connectivity index is 0.000000853. The van der Waals surface area contributed by atoms with E-state index < -0.39 is 0 Å². The third-order valence-electron chi connectivity index (χ3n) is 2.93. The zero-order chi connectivity index (χ0) is 9.54. The first-order chi connectivity index (χ1) is 6.84. The molecule has 0 nitrogen and oxygen atoms in total. The van der Waals surface area contributed by atoms with Crippen LogP contribution in [0.2, 0.25) is 0 Å². The van der Waals surface area contributed by atoms with Crippen molar-refractivity contribution in [1.82, 2.24) is 0 Å². The Labute approximate surface area is 124 Å². The molecule has 0 unspecified atom stereocenters. The summed E-state index contributed by atoms with van der Waals surface area (Å²) in [4.78, 5) is 0. The van der Waals surface area contributed by atoms with Crippen LogP contribution >= 0.6 is 0 Å². The molecule has 0 amide bonds. The van der Waals surface area contributed by atoms with Gasteiger partial charge in [0.05, 0.1) is 0 Å². The molecule has 0 bridgehead atoms. The quantitative estimate of drug-likeness (QED) is 0.619. The molecule has 0 radical (unpaired) electrons. The topological polar surface area (TPSA) is 0 Å². The monoisotopic (exact) mass is 300 g/mol. The minimum atomic E-state index is 0. The Bertz CT molecular complexity index is 538. The maximum atomic E-state index is 2.29. The summed E-state index contributed by atoms with van der Waals surface area (Å²) in [6.07, 6.45) is 3.42. The van der Waals surface area contributed by atoms with Crippen molar-refractivity contribution in [2.45, 2.75) is 13.3 Å². The molecule has 0 atom stereocenters. The van der Waals surface area contributed by atoms with Gasteiger partial charge in [0.1, 0.15) is 0 Å². The molecule has 1 heteroatoms. The van der Waals surface area contributed by atoms with Crippen LogP contribution in [0.3, 0.4) is 0 Å². The SMILES string of the molecule is CC1=Cc2ccc3ccccc3c2C1.[CH3-].[CH3-].[Zr+2].